The number of amides is 1. The molecular weight excluding hydrogens is 258 g/mol. The topological polar surface area (TPSA) is 94.0 Å². The lowest BCUT2D eigenvalue weighted by atomic mass is 10.4. The summed E-state index contributed by atoms with van der Waals surface area (Å²) in [6.07, 6.45) is 5.23. The molecule has 8 nitrogen and oxygen atoms in total. The van der Waals surface area contributed by atoms with Gasteiger partial charge in [-0.1, -0.05) is 0 Å². The number of imidazole rings is 1. The minimum Gasteiger partial charge on any atom is -0.377 e. The van der Waals surface area contributed by atoms with Crippen LogP contribution in [0.1, 0.15) is 5.69 Å². The molecule has 0 bridgehead atoms. The Morgan fingerprint density at radius 1 is 1.45 bits per heavy atom. The van der Waals surface area contributed by atoms with Crippen LogP contribution in [0.25, 0.3) is 0 Å². The second kappa shape index (κ2) is 5.64. The van der Waals surface area contributed by atoms with Crippen LogP contribution in [-0.2, 0) is 24.9 Å². The molecule has 0 radical (unpaired) electrons. The van der Waals surface area contributed by atoms with Crippen molar-refractivity contribution in [2.45, 2.75) is 13.1 Å². The molecule has 0 aliphatic heterocycles. The lowest BCUT2D eigenvalue weighted by molar-refractivity contribution is -0.118. The molecule has 2 rings (SSSR count). The summed E-state index contributed by atoms with van der Waals surface area (Å²) in [5.41, 5.74) is 7.00. The Bertz CT molecular complexity index is 599. The molecule has 3 N–H and O–H groups in total. The molecule has 0 aliphatic rings. The van der Waals surface area contributed by atoms with E-state index in [2.05, 4.69) is 15.4 Å². The Balaban J connectivity index is 1.98. The first-order chi connectivity index (χ1) is 9.47. The van der Waals surface area contributed by atoms with Gasteiger partial charge in [0, 0.05) is 27.3 Å². The SMILES string of the molecule is CN(C)c1ncc(CNc2cnn(CC(N)=O)c2)n1C. The second-order valence-electron chi connectivity index (χ2n) is 4.75. The third kappa shape index (κ3) is 3.08. The summed E-state index contributed by atoms with van der Waals surface area (Å²) in [5.74, 6) is 0.480. The summed E-state index contributed by atoms with van der Waals surface area (Å²) >= 11 is 0. The molecule has 2 heterocycles. The van der Waals surface area contributed by atoms with E-state index in [1.807, 2.05) is 36.8 Å². The van der Waals surface area contributed by atoms with Gasteiger partial charge < -0.3 is 20.5 Å². The van der Waals surface area contributed by atoms with Crippen LogP contribution in [0.5, 0.6) is 0 Å². The number of carbonyl (C=O) groups excluding carboxylic acids is 1. The lowest BCUT2D eigenvalue weighted by Crippen LogP contribution is -2.18. The van der Waals surface area contributed by atoms with Crippen molar-refractivity contribution in [2.24, 2.45) is 12.8 Å². The van der Waals surface area contributed by atoms with Crippen molar-refractivity contribution in [2.75, 3.05) is 24.3 Å². The maximum absolute atomic E-state index is 10.8. The van der Waals surface area contributed by atoms with Crippen LogP contribution >= 0.6 is 0 Å². The zero-order valence-electron chi connectivity index (χ0n) is 11.9. The fraction of sp³-hybridized carbons (Fsp3) is 0.417. The van der Waals surface area contributed by atoms with E-state index in [0.717, 1.165) is 17.3 Å². The minimum atomic E-state index is -0.415. The monoisotopic (exact) mass is 277 g/mol. The van der Waals surface area contributed by atoms with Gasteiger partial charge in [0.15, 0.2) is 0 Å². The average molecular weight is 277 g/mol. The second-order valence-corrected chi connectivity index (χ2v) is 4.75. The standard InChI is InChI=1S/C12H19N7O/c1-17(2)12-15-6-10(18(12)3)5-14-9-4-16-19(7-9)8-11(13)20/h4,6-7,14H,5,8H2,1-3H3,(H2,13,20). The van der Waals surface area contributed by atoms with E-state index < -0.39 is 5.91 Å². The zero-order chi connectivity index (χ0) is 14.7. The summed E-state index contributed by atoms with van der Waals surface area (Å²) in [7, 11) is 5.87. The van der Waals surface area contributed by atoms with Gasteiger partial charge in [-0.2, -0.15) is 5.10 Å². The highest BCUT2D eigenvalue weighted by atomic mass is 16.1. The number of hydrogen-bond donors (Lipinski definition) is 2. The van der Waals surface area contributed by atoms with Gasteiger partial charge in [0.05, 0.1) is 30.3 Å². The molecule has 108 valence electrons. The van der Waals surface area contributed by atoms with Crippen LogP contribution in [0.4, 0.5) is 11.6 Å². The molecule has 0 fully saturated rings. The molecule has 0 aliphatic carbocycles. The smallest absolute Gasteiger partial charge is 0.239 e. The van der Waals surface area contributed by atoms with Crippen LogP contribution in [0.2, 0.25) is 0 Å². The lowest BCUT2D eigenvalue weighted by Gasteiger charge is -2.12. The van der Waals surface area contributed by atoms with Crippen LogP contribution < -0.4 is 16.0 Å². The largest absolute Gasteiger partial charge is 0.377 e. The number of nitrogens with two attached hydrogens (primary N) is 1. The minimum absolute atomic E-state index is 0.0815. The van der Waals surface area contributed by atoms with Gasteiger partial charge in [0.1, 0.15) is 6.54 Å². The van der Waals surface area contributed by atoms with Crippen LogP contribution in [0.3, 0.4) is 0 Å². The van der Waals surface area contributed by atoms with Gasteiger partial charge >= 0.3 is 0 Å². The van der Waals surface area contributed by atoms with Crippen molar-refractivity contribution >= 4 is 17.5 Å². The van der Waals surface area contributed by atoms with Crippen LogP contribution in [-0.4, -0.2) is 39.3 Å². The molecule has 0 saturated heterocycles. The van der Waals surface area contributed by atoms with Gasteiger partial charge in [-0.25, -0.2) is 4.98 Å². The highest BCUT2D eigenvalue weighted by molar-refractivity contribution is 5.73. The number of hydrogen-bond acceptors (Lipinski definition) is 5. The van der Waals surface area contributed by atoms with Gasteiger partial charge in [-0.3, -0.25) is 9.48 Å². The molecule has 0 unspecified atom stereocenters. The van der Waals surface area contributed by atoms with E-state index in [1.165, 1.54) is 4.68 Å². The number of aromatic nitrogens is 4. The predicted octanol–water partition coefficient (Wildman–Crippen LogP) is -0.220. The first-order valence-corrected chi connectivity index (χ1v) is 6.20. The summed E-state index contributed by atoms with van der Waals surface area (Å²) < 4.78 is 3.51. The van der Waals surface area contributed by atoms with Gasteiger partial charge in [-0.15, -0.1) is 0 Å². The van der Waals surface area contributed by atoms with Crippen molar-refractivity contribution in [3.8, 4) is 0 Å². The van der Waals surface area contributed by atoms with Crippen molar-refractivity contribution < 1.29 is 4.79 Å². The first kappa shape index (κ1) is 13.9. The van der Waals surface area contributed by atoms with E-state index in [4.69, 9.17) is 5.73 Å². The summed E-state index contributed by atoms with van der Waals surface area (Å²) in [5, 5.41) is 7.28. The molecule has 0 atom stereocenters. The van der Waals surface area contributed by atoms with E-state index in [-0.39, 0.29) is 6.54 Å². The molecule has 0 aromatic carbocycles. The van der Waals surface area contributed by atoms with E-state index >= 15 is 0 Å². The number of nitrogens with one attached hydrogen (secondary N) is 1. The molecule has 0 saturated carbocycles. The van der Waals surface area contributed by atoms with Gasteiger partial charge in [-0.05, 0) is 0 Å². The molecule has 8 heteroatoms. The van der Waals surface area contributed by atoms with E-state index in [9.17, 15) is 4.79 Å². The fourth-order valence-electron chi connectivity index (χ4n) is 1.91. The summed E-state index contributed by atoms with van der Waals surface area (Å²) in [6.45, 7) is 0.706. The van der Waals surface area contributed by atoms with Crippen molar-refractivity contribution in [3.05, 3.63) is 24.3 Å². The molecular formula is C12H19N7O. The highest BCUT2D eigenvalue weighted by Gasteiger charge is 2.08. The molecule has 1 amide bonds. The zero-order valence-corrected chi connectivity index (χ0v) is 11.9. The fourth-order valence-corrected chi connectivity index (χ4v) is 1.91. The quantitative estimate of drug-likeness (QED) is 0.761. The molecule has 0 spiro atoms. The third-order valence-corrected chi connectivity index (χ3v) is 2.88. The summed E-state index contributed by atoms with van der Waals surface area (Å²) in [6, 6.07) is 0. The number of nitrogens with zero attached hydrogens (tertiary/aromatic N) is 5. The normalized spacial score (nSPS) is 10.6. The Hall–Kier alpha value is -2.51. The average Bonchev–Trinajstić information content (AvgIpc) is 2.93. The number of anilines is 2. The molecule has 2 aromatic rings. The van der Waals surface area contributed by atoms with Crippen molar-refractivity contribution in [3.63, 3.8) is 0 Å². The number of primary amides is 1. The number of rotatable bonds is 6. The maximum Gasteiger partial charge on any atom is 0.239 e. The maximum atomic E-state index is 10.8. The highest BCUT2D eigenvalue weighted by Crippen LogP contribution is 2.13. The Labute approximate surface area is 117 Å². The Morgan fingerprint density at radius 3 is 2.80 bits per heavy atom. The molecule has 20 heavy (non-hydrogen) atoms. The third-order valence-electron chi connectivity index (χ3n) is 2.88. The van der Waals surface area contributed by atoms with E-state index in [1.54, 1.807) is 12.4 Å². The van der Waals surface area contributed by atoms with E-state index in [0.29, 0.717) is 6.54 Å². The number of carbonyl (C=O) groups is 1. The Kier molecular flexibility index (Phi) is 3.92. The van der Waals surface area contributed by atoms with Gasteiger partial charge in [0.2, 0.25) is 11.9 Å². The molecule has 2 aromatic heterocycles. The van der Waals surface area contributed by atoms with Crippen molar-refractivity contribution in [1.82, 2.24) is 19.3 Å². The van der Waals surface area contributed by atoms with Crippen molar-refractivity contribution in [1.29, 1.82) is 0 Å². The Morgan fingerprint density at radius 2 is 2.20 bits per heavy atom. The van der Waals surface area contributed by atoms with Crippen LogP contribution in [0.15, 0.2) is 18.6 Å². The van der Waals surface area contributed by atoms with Crippen LogP contribution in [0, 0.1) is 0 Å². The summed E-state index contributed by atoms with van der Waals surface area (Å²) in [4.78, 5) is 17.1. The first-order valence-electron chi connectivity index (χ1n) is 6.20. The van der Waals surface area contributed by atoms with Gasteiger partial charge in [0.25, 0.3) is 0 Å². The predicted molar refractivity (Wildman–Crippen MR) is 76.3 cm³/mol.